The Morgan fingerprint density at radius 2 is 1.80 bits per heavy atom. The predicted molar refractivity (Wildman–Crippen MR) is 103 cm³/mol. The van der Waals surface area contributed by atoms with E-state index in [9.17, 15) is 22.9 Å². The normalized spacial score (nSPS) is 14.6. The van der Waals surface area contributed by atoms with E-state index in [1.165, 1.54) is 24.3 Å². The standard InChI is InChI=1S/C19H16FN3O6S/c20-14-4-6-16(7-5-14)30(26,27)18-19(22-8-10-28-11-9-22)29-17(21-18)13-2-1-3-15(12-13)23(24)25/h1-7,12H,8-11H2. The number of morpholine rings is 1. The van der Waals surface area contributed by atoms with Gasteiger partial charge in [0.15, 0.2) is 0 Å². The summed E-state index contributed by atoms with van der Waals surface area (Å²) in [5.74, 6) is -0.621. The zero-order valence-corrected chi connectivity index (χ0v) is 16.3. The molecule has 1 aromatic heterocycles. The lowest BCUT2D eigenvalue weighted by Crippen LogP contribution is -2.36. The van der Waals surface area contributed by atoms with Crippen molar-refractivity contribution < 1.29 is 26.9 Å². The van der Waals surface area contributed by atoms with Crippen LogP contribution >= 0.6 is 0 Å². The van der Waals surface area contributed by atoms with Gasteiger partial charge in [-0.05, 0) is 30.3 Å². The van der Waals surface area contributed by atoms with Crippen molar-refractivity contribution in [2.24, 2.45) is 0 Å². The molecule has 2 heterocycles. The zero-order valence-electron chi connectivity index (χ0n) is 15.5. The number of rotatable bonds is 5. The van der Waals surface area contributed by atoms with Crippen molar-refractivity contribution >= 4 is 21.4 Å². The van der Waals surface area contributed by atoms with Crippen LogP contribution in [-0.4, -0.2) is 44.6 Å². The van der Waals surface area contributed by atoms with E-state index in [-0.39, 0.29) is 32.9 Å². The van der Waals surface area contributed by atoms with Crippen LogP contribution in [0.15, 0.2) is 62.9 Å². The summed E-state index contributed by atoms with van der Waals surface area (Å²) in [5.41, 5.74) is 0.0841. The van der Waals surface area contributed by atoms with Gasteiger partial charge in [0.2, 0.25) is 26.6 Å². The van der Waals surface area contributed by atoms with Gasteiger partial charge < -0.3 is 14.1 Å². The van der Waals surface area contributed by atoms with E-state index < -0.39 is 20.6 Å². The van der Waals surface area contributed by atoms with E-state index in [0.29, 0.717) is 26.3 Å². The molecule has 1 saturated heterocycles. The third kappa shape index (κ3) is 3.76. The summed E-state index contributed by atoms with van der Waals surface area (Å²) in [6, 6.07) is 9.95. The molecule has 0 radical (unpaired) electrons. The van der Waals surface area contributed by atoms with Crippen LogP contribution in [0.3, 0.4) is 0 Å². The number of nitro groups is 1. The fourth-order valence-corrected chi connectivity index (χ4v) is 4.36. The molecule has 0 aliphatic carbocycles. The summed E-state index contributed by atoms with van der Waals surface area (Å²) in [4.78, 5) is 16.2. The van der Waals surface area contributed by atoms with Gasteiger partial charge in [-0.3, -0.25) is 10.1 Å². The van der Waals surface area contributed by atoms with Crippen molar-refractivity contribution in [3.63, 3.8) is 0 Å². The zero-order chi connectivity index (χ0) is 21.3. The van der Waals surface area contributed by atoms with Crippen molar-refractivity contribution in [2.75, 3.05) is 31.2 Å². The molecule has 0 unspecified atom stereocenters. The number of nitrogens with zero attached hydrogens (tertiary/aromatic N) is 3. The molecule has 2 aromatic carbocycles. The molecule has 0 amide bonds. The monoisotopic (exact) mass is 433 g/mol. The first-order chi connectivity index (χ1) is 14.4. The van der Waals surface area contributed by atoms with Gasteiger partial charge >= 0.3 is 0 Å². The maximum Gasteiger partial charge on any atom is 0.270 e. The summed E-state index contributed by atoms with van der Waals surface area (Å²) in [7, 11) is -4.14. The minimum Gasteiger partial charge on any atom is -0.419 e. The molecule has 1 aliphatic rings. The van der Waals surface area contributed by atoms with E-state index in [2.05, 4.69) is 4.98 Å². The molecule has 0 bridgehead atoms. The molecule has 0 atom stereocenters. The van der Waals surface area contributed by atoms with E-state index >= 15 is 0 Å². The predicted octanol–water partition coefficient (Wildman–Crippen LogP) is 3.06. The van der Waals surface area contributed by atoms with Gasteiger partial charge in [-0.15, -0.1) is 0 Å². The average Bonchev–Trinajstić information content (AvgIpc) is 3.21. The molecule has 156 valence electrons. The maximum absolute atomic E-state index is 13.3. The SMILES string of the molecule is O=[N+]([O-])c1cccc(-c2nc(S(=O)(=O)c3ccc(F)cc3)c(N3CCOCC3)o2)c1. The first kappa shape index (κ1) is 20.0. The molecule has 0 N–H and O–H groups in total. The highest BCUT2D eigenvalue weighted by molar-refractivity contribution is 7.91. The molecule has 9 nitrogen and oxygen atoms in total. The minimum absolute atomic E-state index is 0.0177. The van der Waals surface area contributed by atoms with Gasteiger partial charge in [0, 0.05) is 30.8 Å². The average molecular weight is 433 g/mol. The minimum atomic E-state index is -4.14. The van der Waals surface area contributed by atoms with Crippen molar-refractivity contribution in [2.45, 2.75) is 9.92 Å². The number of hydrogen-bond donors (Lipinski definition) is 0. The lowest BCUT2D eigenvalue weighted by atomic mass is 10.2. The molecule has 4 rings (SSSR count). The summed E-state index contributed by atoms with van der Waals surface area (Å²) < 4.78 is 50.8. The summed E-state index contributed by atoms with van der Waals surface area (Å²) in [6.45, 7) is 1.52. The van der Waals surface area contributed by atoms with Crippen LogP contribution in [0.5, 0.6) is 0 Å². The van der Waals surface area contributed by atoms with Crippen molar-refractivity contribution in [3.05, 3.63) is 64.5 Å². The van der Waals surface area contributed by atoms with Gasteiger partial charge in [0.1, 0.15) is 5.82 Å². The third-order valence-electron chi connectivity index (χ3n) is 4.56. The molecular formula is C19H16FN3O6S. The maximum atomic E-state index is 13.3. The number of sulfone groups is 1. The Morgan fingerprint density at radius 1 is 1.10 bits per heavy atom. The molecule has 1 fully saturated rings. The molecular weight excluding hydrogens is 417 g/mol. The topological polar surface area (TPSA) is 116 Å². The van der Waals surface area contributed by atoms with E-state index in [1.54, 1.807) is 4.90 Å². The van der Waals surface area contributed by atoms with Crippen molar-refractivity contribution in [3.8, 4) is 11.5 Å². The highest BCUT2D eigenvalue weighted by Crippen LogP contribution is 2.35. The summed E-state index contributed by atoms with van der Waals surface area (Å²) >= 11 is 0. The molecule has 30 heavy (non-hydrogen) atoms. The van der Waals surface area contributed by atoms with Crippen LogP contribution in [0.2, 0.25) is 0 Å². The summed E-state index contributed by atoms with van der Waals surface area (Å²) in [6.07, 6.45) is 0. The quantitative estimate of drug-likeness (QED) is 0.342. The largest absolute Gasteiger partial charge is 0.419 e. The Kier molecular flexibility index (Phi) is 5.22. The number of nitro benzene ring substituents is 1. The number of benzene rings is 2. The second-order valence-corrected chi connectivity index (χ2v) is 8.36. The van der Waals surface area contributed by atoms with Crippen LogP contribution in [0.25, 0.3) is 11.5 Å². The van der Waals surface area contributed by atoms with Crippen LogP contribution in [0.4, 0.5) is 16.0 Å². The smallest absolute Gasteiger partial charge is 0.270 e. The Hall–Kier alpha value is -3.31. The van der Waals surface area contributed by atoms with Crippen LogP contribution < -0.4 is 4.90 Å². The van der Waals surface area contributed by atoms with Crippen molar-refractivity contribution in [1.82, 2.24) is 4.98 Å². The second-order valence-electron chi connectivity index (χ2n) is 6.49. The van der Waals surface area contributed by atoms with Gasteiger partial charge in [0.25, 0.3) is 5.69 Å². The van der Waals surface area contributed by atoms with E-state index in [1.807, 2.05) is 0 Å². The number of aromatic nitrogens is 1. The van der Waals surface area contributed by atoms with Gasteiger partial charge in [-0.1, -0.05) is 6.07 Å². The first-order valence-corrected chi connectivity index (χ1v) is 10.4. The number of non-ortho nitro benzene ring substituents is 1. The Labute approximate surface area is 170 Å². The fourth-order valence-electron chi connectivity index (χ4n) is 3.04. The highest BCUT2D eigenvalue weighted by atomic mass is 32.2. The van der Waals surface area contributed by atoms with E-state index in [0.717, 1.165) is 24.3 Å². The lowest BCUT2D eigenvalue weighted by molar-refractivity contribution is -0.384. The number of ether oxygens (including phenoxy) is 1. The molecule has 0 spiro atoms. The molecule has 11 heteroatoms. The van der Waals surface area contributed by atoms with Crippen LogP contribution in [-0.2, 0) is 14.6 Å². The van der Waals surface area contributed by atoms with Gasteiger partial charge in [-0.25, -0.2) is 12.8 Å². The van der Waals surface area contributed by atoms with Gasteiger partial charge in [0.05, 0.1) is 23.0 Å². The summed E-state index contributed by atoms with van der Waals surface area (Å²) in [5, 5.41) is 10.7. The Bertz CT molecular complexity index is 1190. The highest BCUT2D eigenvalue weighted by Gasteiger charge is 2.32. The Morgan fingerprint density at radius 3 is 2.47 bits per heavy atom. The third-order valence-corrected chi connectivity index (χ3v) is 6.23. The first-order valence-electron chi connectivity index (χ1n) is 8.95. The number of oxazole rings is 1. The second kappa shape index (κ2) is 7.84. The lowest BCUT2D eigenvalue weighted by Gasteiger charge is -2.26. The van der Waals surface area contributed by atoms with Crippen LogP contribution in [0.1, 0.15) is 0 Å². The number of halogens is 1. The molecule has 1 aliphatic heterocycles. The number of hydrogen-bond acceptors (Lipinski definition) is 8. The van der Waals surface area contributed by atoms with E-state index in [4.69, 9.17) is 9.15 Å². The van der Waals surface area contributed by atoms with Crippen molar-refractivity contribution in [1.29, 1.82) is 0 Å². The van der Waals surface area contributed by atoms with Crippen LogP contribution in [0, 0.1) is 15.9 Å². The molecule has 0 saturated carbocycles. The van der Waals surface area contributed by atoms with Gasteiger partial charge in [-0.2, -0.15) is 4.98 Å². The fraction of sp³-hybridized carbons (Fsp3) is 0.211. The Balaban J connectivity index is 1.85. The molecule has 3 aromatic rings. The number of anilines is 1.